The summed E-state index contributed by atoms with van der Waals surface area (Å²) in [6.45, 7) is 11.4. The van der Waals surface area contributed by atoms with Crippen molar-refractivity contribution in [2.45, 2.75) is 40.2 Å². The topological polar surface area (TPSA) is 66.5 Å². The van der Waals surface area contributed by atoms with Crippen LogP contribution in [0.5, 0.6) is 11.6 Å². The molecule has 0 aliphatic carbocycles. The number of amides is 2. The first-order valence-corrected chi connectivity index (χ1v) is 9.91. The number of rotatable bonds is 6. The number of aryl methyl sites for hydroxylation is 2. The van der Waals surface area contributed by atoms with Crippen molar-refractivity contribution in [3.8, 4) is 11.6 Å². The number of hydrogen-bond acceptors (Lipinski definition) is 4. The highest BCUT2D eigenvalue weighted by Gasteiger charge is 2.24. The van der Waals surface area contributed by atoms with Crippen LogP contribution >= 0.6 is 0 Å². The van der Waals surface area contributed by atoms with Gasteiger partial charge in [0.15, 0.2) is 0 Å². The molecule has 1 saturated heterocycles. The molecular formula is C22H30N4O2. The molecule has 0 bridgehead atoms. The highest BCUT2D eigenvalue weighted by molar-refractivity contribution is 5.89. The van der Waals surface area contributed by atoms with E-state index in [0.717, 1.165) is 25.3 Å². The molecule has 2 aromatic rings. The first kappa shape index (κ1) is 20.1. The van der Waals surface area contributed by atoms with E-state index in [1.165, 1.54) is 11.1 Å². The van der Waals surface area contributed by atoms with E-state index in [2.05, 4.69) is 41.3 Å². The predicted molar refractivity (Wildman–Crippen MR) is 112 cm³/mol. The summed E-state index contributed by atoms with van der Waals surface area (Å²) < 4.78 is 5.77. The quantitative estimate of drug-likeness (QED) is 0.780. The SMILES string of the molecule is Cc1ccc(Oc2ccc(NC(=O)NCC3CCN(C(C)C)C3)cn2)cc1C. The van der Waals surface area contributed by atoms with Gasteiger partial charge in [0.2, 0.25) is 5.88 Å². The smallest absolute Gasteiger partial charge is 0.319 e. The number of urea groups is 1. The van der Waals surface area contributed by atoms with Crippen molar-refractivity contribution in [1.29, 1.82) is 0 Å². The van der Waals surface area contributed by atoms with Gasteiger partial charge >= 0.3 is 6.03 Å². The van der Waals surface area contributed by atoms with Crippen LogP contribution in [0.15, 0.2) is 36.5 Å². The maximum absolute atomic E-state index is 12.1. The van der Waals surface area contributed by atoms with Gasteiger partial charge in [0.1, 0.15) is 5.75 Å². The van der Waals surface area contributed by atoms with Gasteiger partial charge in [-0.2, -0.15) is 0 Å². The Labute approximate surface area is 167 Å². The van der Waals surface area contributed by atoms with Crippen LogP contribution in [0.1, 0.15) is 31.4 Å². The molecular weight excluding hydrogens is 352 g/mol. The molecule has 1 aromatic carbocycles. The predicted octanol–water partition coefficient (Wildman–Crippen LogP) is 4.34. The molecule has 1 aromatic heterocycles. The van der Waals surface area contributed by atoms with Crippen LogP contribution in [-0.4, -0.2) is 41.6 Å². The van der Waals surface area contributed by atoms with Gasteiger partial charge in [-0.05, 0) is 75.9 Å². The normalized spacial score (nSPS) is 17.0. The average Bonchev–Trinajstić information content (AvgIpc) is 3.14. The molecule has 0 saturated carbocycles. The van der Waals surface area contributed by atoms with Gasteiger partial charge in [-0.3, -0.25) is 0 Å². The van der Waals surface area contributed by atoms with Crippen LogP contribution < -0.4 is 15.4 Å². The number of anilines is 1. The third-order valence-electron chi connectivity index (χ3n) is 5.29. The van der Waals surface area contributed by atoms with E-state index < -0.39 is 0 Å². The second-order valence-corrected chi connectivity index (χ2v) is 7.81. The highest BCUT2D eigenvalue weighted by Crippen LogP contribution is 2.23. The fourth-order valence-corrected chi connectivity index (χ4v) is 3.32. The zero-order chi connectivity index (χ0) is 20.1. The molecule has 1 unspecified atom stereocenters. The summed E-state index contributed by atoms with van der Waals surface area (Å²) in [4.78, 5) is 18.9. The van der Waals surface area contributed by atoms with Crippen molar-refractivity contribution >= 4 is 11.7 Å². The van der Waals surface area contributed by atoms with Gasteiger partial charge < -0.3 is 20.3 Å². The fraction of sp³-hybridized carbons (Fsp3) is 0.455. The lowest BCUT2D eigenvalue weighted by Crippen LogP contribution is -2.35. The third kappa shape index (κ3) is 5.45. The molecule has 0 radical (unpaired) electrons. The van der Waals surface area contributed by atoms with E-state index in [4.69, 9.17) is 4.74 Å². The van der Waals surface area contributed by atoms with Gasteiger partial charge in [0.25, 0.3) is 0 Å². The molecule has 6 heteroatoms. The molecule has 0 spiro atoms. The Balaban J connectivity index is 1.46. The zero-order valence-corrected chi connectivity index (χ0v) is 17.2. The van der Waals surface area contributed by atoms with Crippen LogP contribution in [-0.2, 0) is 0 Å². The van der Waals surface area contributed by atoms with Crippen LogP contribution in [0.2, 0.25) is 0 Å². The van der Waals surface area contributed by atoms with Crippen LogP contribution in [0.25, 0.3) is 0 Å². The Morgan fingerprint density at radius 1 is 1.25 bits per heavy atom. The first-order valence-electron chi connectivity index (χ1n) is 9.91. The van der Waals surface area contributed by atoms with E-state index in [9.17, 15) is 4.79 Å². The van der Waals surface area contributed by atoms with E-state index >= 15 is 0 Å². The number of carbonyl (C=O) groups is 1. The third-order valence-corrected chi connectivity index (χ3v) is 5.29. The van der Waals surface area contributed by atoms with Gasteiger partial charge in [-0.1, -0.05) is 6.07 Å². The number of likely N-dealkylation sites (tertiary alicyclic amines) is 1. The number of ether oxygens (including phenoxy) is 1. The summed E-state index contributed by atoms with van der Waals surface area (Å²) in [6.07, 6.45) is 2.73. The average molecular weight is 383 g/mol. The summed E-state index contributed by atoms with van der Waals surface area (Å²) in [5.41, 5.74) is 3.03. The van der Waals surface area contributed by atoms with Gasteiger partial charge in [-0.15, -0.1) is 0 Å². The van der Waals surface area contributed by atoms with Gasteiger partial charge in [-0.25, -0.2) is 9.78 Å². The standard InChI is InChI=1S/C22H30N4O2/c1-15(2)26-10-9-18(14-26)12-24-22(27)25-19-6-8-21(23-13-19)28-20-7-5-16(3)17(4)11-20/h5-8,11,13,15,18H,9-10,12,14H2,1-4H3,(H2,24,25,27). The van der Waals surface area contributed by atoms with E-state index in [0.29, 0.717) is 30.1 Å². The van der Waals surface area contributed by atoms with Crippen LogP contribution in [0, 0.1) is 19.8 Å². The van der Waals surface area contributed by atoms with Crippen molar-refractivity contribution in [2.24, 2.45) is 5.92 Å². The summed E-state index contributed by atoms with van der Waals surface area (Å²) in [6, 6.07) is 9.84. The van der Waals surface area contributed by atoms with Crippen molar-refractivity contribution in [3.05, 3.63) is 47.7 Å². The number of aromatic nitrogens is 1. The molecule has 6 nitrogen and oxygen atoms in total. The Bertz CT molecular complexity index is 805. The zero-order valence-electron chi connectivity index (χ0n) is 17.2. The summed E-state index contributed by atoms with van der Waals surface area (Å²) in [7, 11) is 0. The molecule has 28 heavy (non-hydrogen) atoms. The highest BCUT2D eigenvalue weighted by atomic mass is 16.5. The van der Waals surface area contributed by atoms with Crippen molar-refractivity contribution in [2.75, 3.05) is 25.0 Å². The minimum atomic E-state index is -0.201. The molecule has 2 amide bonds. The van der Waals surface area contributed by atoms with Crippen molar-refractivity contribution in [1.82, 2.24) is 15.2 Å². The lowest BCUT2D eigenvalue weighted by atomic mass is 10.1. The number of hydrogen-bond donors (Lipinski definition) is 2. The van der Waals surface area contributed by atoms with Crippen molar-refractivity contribution < 1.29 is 9.53 Å². The molecule has 2 heterocycles. The summed E-state index contributed by atoms with van der Waals surface area (Å²) >= 11 is 0. The molecule has 1 atom stereocenters. The molecule has 2 N–H and O–H groups in total. The number of carbonyl (C=O) groups excluding carboxylic acids is 1. The maximum atomic E-state index is 12.1. The number of nitrogens with zero attached hydrogens (tertiary/aromatic N) is 2. The second kappa shape index (κ2) is 9.06. The lowest BCUT2D eigenvalue weighted by Gasteiger charge is -2.20. The number of benzene rings is 1. The van der Waals surface area contributed by atoms with E-state index in [1.54, 1.807) is 18.3 Å². The number of nitrogens with one attached hydrogen (secondary N) is 2. The minimum absolute atomic E-state index is 0.201. The monoisotopic (exact) mass is 382 g/mol. The summed E-state index contributed by atoms with van der Waals surface area (Å²) in [5, 5.41) is 5.79. The Kier molecular flexibility index (Phi) is 6.52. The molecule has 1 aliphatic heterocycles. The van der Waals surface area contributed by atoms with E-state index in [1.807, 2.05) is 25.1 Å². The minimum Gasteiger partial charge on any atom is -0.439 e. The van der Waals surface area contributed by atoms with Crippen molar-refractivity contribution in [3.63, 3.8) is 0 Å². The Morgan fingerprint density at radius 2 is 2.07 bits per heavy atom. The van der Waals surface area contributed by atoms with Gasteiger partial charge in [0.05, 0.1) is 11.9 Å². The second-order valence-electron chi connectivity index (χ2n) is 7.81. The maximum Gasteiger partial charge on any atom is 0.319 e. The Hall–Kier alpha value is -2.60. The van der Waals surface area contributed by atoms with E-state index in [-0.39, 0.29) is 6.03 Å². The molecule has 1 aliphatic rings. The van der Waals surface area contributed by atoms with Gasteiger partial charge in [0, 0.05) is 25.2 Å². The van der Waals surface area contributed by atoms with Crippen LogP contribution in [0.4, 0.5) is 10.5 Å². The molecule has 3 rings (SSSR count). The first-order chi connectivity index (χ1) is 13.4. The molecule has 150 valence electrons. The van der Waals surface area contributed by atoms with Crippen LogP contribution in [0.3, 0.4) is 0 Å². The summed E-state index contributed by atoms with van der Waals surface area (Å²) in [5.74, 6) is 1.76. The Morgan fingerprint density at radius 3 is 2.71 bits per heavy atom. The lowest BCUT2D eigenvalue weighted by molar-refractivity contribution is 0.247. The fourth-order valence-electron chi connectivity index (χ4n) is 3.32. The largest absolute Gasteiger partial charge is 0.439 e. The number of pyridine rings is 1. The molecule has 1 fully saturated rings.